The zero-order valence-corrected chi connectivity index (χ0v) is 27.1. The van der Waals surface area contributed by atoms with E-state index in [9.17, 15) is 0 Å². The monoisotopic (exact) mass is 600 g/mol. The lowest BCUT2D eigenvalue weighted by Crippen LogP contribution is -2.27. The summed E-state index contributed by atoms with van der Waals surface area (Å²) in [4.78, 5) is 4.87. The van der Waals surface area contributed by atoms with Gasteiger partial charge in [0.2, 0.25) is 0 Å². The molecule has 0 aliphatic rings. The number of aryl methyl sites for hydroxylation is 3. The minimum absolute atomic E-state index is 1.04. The third-order valence-corrected chi connectivity index (χ3v) is 8.78. The molecule has 2 heteroatoms. The van der Waals surface area contributed by atoms with Crippen LogP contribution in [0.2, 0.25) is 0 Å². The van der Waals surface area contributed by atoms with Gasteiger partial charge < -0.3 is 9.80 Å². The van der Waals surface area contributed by atoms with Gasteiger partial charge in [-0.2, -0.15) is 0 Å². The highest BCUT2D eigenvalue weighted by molar-refractivity contribution is 5.78. The summed E-state index contributed by atoms with van der Waals surface area (Å²) in [6.45, 7) is 6.38. The molecule has 0 aliphatic carbocycles. The molecule has 230 valence electrons. The van der Waals surface area contributed by atoms with Crippen molar-refractivity contribution in [2.24, 2.45) is 0 Å². The van der Waals surface area contributed by atoms with Crippen LogP contribution in [0.3, 0.4) is 0 Å². The van der Waals surface area contributed by atoms with Crippen molar-refractivity contribution < 1.29 is 0 Å². The average molecular weight is 601 g/mol. The van der Waals surface area contributed by atoms with Gasteiger partial charge in [0.15, 0.2) is 0 Å². The molecule has 2 nitrogen and oxygen atoms in total. The second-order valence-electron chi connectivity index (χ2n) is 12.3. The van der Waals surface area contributed by atoms with E-state index in [1.54, 1.807) is 0 Å². The summed E-state index contributed by atoms with van der Waals surface area (Å²) in [6, 6.07) is 57.3. The van der Waals surface area contributed by atoms with E-state index in [1.165, 1.54) is 51.9 Å². The summed E-state index contributed by atoms with van der Waals surface area (Å²) in [5, 5.41) is 0. The third-order valence-electron chi connectivity index (χ3n) is 8.78. The lowest BCUT2D eigenvalue weighted by Gasteiger charge is -2.26. The number of benzene rings is 6. The van der Waals surface area contributed by atoms with Gasteiger partial charge >= 0.3 is 0 Å². The van der Waals surface area contributed by atoms with Crippen molar-refractivity contribution in [3.8, 4) is 11.1 Å². The lowest BCUT2D eigenvalue weighted by atomic mass is 10.0. The van der Waals surface area contributed by atoms with Crippen LogP contribution in [0.25, 0.3) is 11.1 Å². The standard InChI is InChI=1S/C44H44N2/c1-35-16-26-42(27-17-35)46(43-28-18-36(2)19-29-43)44-30-24-40(25-31-44)39-22-20-38(21-23-39)13-9-10-33-45(41-14-7-4-8-15-41)34-32-37-11-5-3-6-12-37/h3-8,11-12,14-31H,9-10,13,32-34H2,1-2H3. The van der Waals surface area contributed by atoms with Crippen molar-refractivity contribution in [2.45, 2.75) is 39.5 Å². The summed E-state index contributed by atoms with van der Waals surface area (Å²) in [5.41, 5.74) is 12.6. The van der Waals surface area contributed by atoms with Crippen molar-refractivity contribution >= 4 is 22.7 Å². The minimum atomic E-state index is 1.04. The van der Waals surface area contributed by atoms with Crippen molar-refractivity contribution in [3.63, 3.8) is 0 Å². The summed E-state index contributed by atoms with van der Waals surface area (Å²) < 4.78 is 0. The van der Waals surface area contributed by atoms with Gasteiger partial charge in [0.25, 0.3) is 0 Å². The Bertz CT molecular complexity index is 1710. The molecule has 0 spiro atoms. The molecule has 0 fully saturated rings. The van der Waals surface area contributed by atoms with Crippen LogP contribution in [-0.4, -0.2) is 13.1 Å². The van der Waals surface area contributed by atoms with E-state index in [4.69, 9.17) is 0 Å². The van der Waals surface area contributed by atoms with E-state index in [2.05, 4.69) is 181 Å². The number of rotatable bonds is 13. The fraction of sp³-hybridized carbons (Fsp3) is 0.182. The largest absolute Gasteiger partial charge is 0.371 e. The van der Waals surface area contributed by atoms with Gasteiger partial charge in [0.05, 0.1) is 0 Å². The molecule has 0 heterocycles. The molecule has 0 saturated carbocycles. The van der Waals surface area contributed by atoms with Gasteiger partial charge in [-0.1, -0.05) is 120 Å². The Balaban J connectivity index is 1.07. The number of nitrogens with zero attached hydrogens (tertiary/aromatic N) is 2. The maximum Gasteiger partial charge on any atom is 0.0462 e. The quantitative estimate of drug-likeness (QED) is 0.122. The Labute approximate surface area is 275 Å². The Kier molecular flexibility index (Phi) is 10.3. The Hall–Kier alpha value is -5.08. The molecule has 0 aliphatic heterocycles. The summed E-state index contributed by atoms with van der Waals surface area (Å²) in [5.74, 6) is 0. The summed E-state index contributed by atoms with van der Waals surface area (Å²) >= 11 is 0. The Morgan fingerprint density at radius 2 is 0.826 bits per heavy atom. The lowest BCUT2D eigenvalue weighted by molar-refractivity contribution is 0.682. The van der Waals surface area contributed by atoms with Gasteiger partial charge in [-0.3, -0.25) is 0 Å². The number of hydrogen-bond acceptors (Lipinski definition) is 2. The molecule has 6 aromatic carbocycles. The fourth-order valence-corrected chi connectivity index (χ4v) is 6.05. The van der Waals surface area contributed by atoms with Gasteiger partial charge in [0.1, 0.15) is 0 Å². The van der Waals surface area contributed by atoms with E-state index >= 15 is 0 Å². The van der Waals surface area contributed by atoms with Crippen LogP contribution in [0.5, 0.6) is 0 Å². The first-order valence-corrected chi connectivity index (χ1v) is 16.6. The predicted octanol–water partition coefficient (Wildman–Crippen LogP) is 11.5. The molecule has 6 aromatic rings. The summed E-state index contributed by atoms with van der Waals surface area (Å²) in [7, 11) is 0. The van der Waals surface area contributed by atoms with Crippen molar-refractivity contribution in [1.29, 1.82) is 0 Å². The van der Waals surface area contributed by atoms with E-state index in [0.717, 1.165) is 43.0 Å². The molecule has 0 atom stereocenters. The molecule has 0 N–H and O–H groups in total. The highest BCUT2D eigenvalue weighted by Crippen LogP contribution is 2.36. The molecule has 0 saturated heterocycles. The van der Waals surface area contributed by atoms with Crippen LogP contribution in [0.15, 0.2) is 158 Å². The first-order valence-electron chi connectivity index (χ1n) is 16.6. The first-order chi connectivity index (χ1) is 22.6. The smallest absolute Gasteiger partial charge is 0.0462 e. The molecule has 0 aromatic heterocycles. The van der Waals surface area contributed by atoms with Gasteiger partial charge in [0, 0.05) is 35.8 Å². The molecule has 6 rings (SSSR count). The van der Waals surface area contributed by atoms with E-state index in [-0.39, 0.29) is 0 Å². The topological polar surface area (TPSA) is 6.48 Å². The zero-order valence-electron chi connectivity index (χ0n) is 27.1. The van der Waals surface area contributed by atoms with E-state index in [0.29, 0.717) is 0 Å². The number of anilines is 4. The molecule has 0 bridgehead atoms. The molecule has 0 radical (unpaired) electrons. The van der Waals surface area contributed by atoms with Crippen LogP contribution in [-0.2, 0) is 12.8 Å². The predicted molar refractivity (Wildman–Crippen MR) is 198 cm³/mol. The maximum atomic E-state index is 2.54. The first kappa shape index (κ1) is 30.9. The van der Waals surface area contributed by atoms with Crippen molar-refractivity contribution in [3.05, 3.63) is 180 Å². The molecule has 0 unspecified atom stereocenters. The Morgan fingerprint density at radius 3 is 1.37 bits per heavy atom. The Morgan fingerprint density at radius 1 is 0.370 bits per heavy atom. The van der Waals surface area contributed by atoms with Crippen LogP contribution in [0.4, 0.5) is 22.7 Å². The second-order valence-corrected chi connectivity index (χ2v) is 12.3. The van der Waals surface area contributed by atoms with Crippen LogP contribution < -0.4 is 9.80 Å². The van der Waals surface area contributed by atoms with E-state index in [1.807, 2.05) is 0 Å². The van der Waals surface area contributed by atoms with Crippen LogP contribution in [0.1, 0.15) is 35.1 Å². The fourth-order valence-electron chi connectivity index (χ4n) is 6.05. The SMILES string of the molecule is Cc1ccc(N(c2ccc(C)cc2)c2ccc(-c3ccc(CCCCN(CCc4ccccc4)c4ccccc4)cc3)cc2)cc1. The third kappa shape index (κ3) is 8.14. The van der Waals surface area contributed by atoms with E-state index < -0.39 is 0 Å². The average Bonchev–Trinajstić information content (AvgIpc) is 3.11. The highest BCUT2D eigenvalue weighted by Gasteiger charge is 2.13. The number of para-hydroxylation sites is 1. The second kappa shape index (κ2) is 15.3. The highest BCUT2D eigenvalue weighted by atomic mass is 15.1. The molecular formula is C44H44N2. The summed E-state index contributed by atoms with van der Waals surface area (Å²) in [6.07, 6.45) is 4.51. The van der Waals surface area contributed by atoms with Crippen molar-refractivity contribution in [2.75, 3.05) is 22.9 Å². The molecule has 0 amide bonds. The van der Waals surface area contributed by atoms with Gasteiger partial charge in [-0.25, -0.2) is 0 Å². The molecular weight excluding hydrogens is 556 g/mol. The zero-order chi connectivity index (χ0) is 31.6. The molecule has 46 heavy (non-hydrogen) atoms. The minimum Gasteiger partial charge on any atom is -0.371 e. The van der Waals surface area contributed by atoms with Crippen LogP contribution >= 0.6 is 0 Å². The van der Waals surface area contributed by atoms with Gasteiger partial charge in [-0.05, 0) is 110 Å². The number of unbranched alkanes of at least 4 members (excludes halogenated alkanes) is 1. The van der Waals surface area contributed by atoms with Crippen molar-refractivity contribution in [1.82, 2.24) is 0 Å². The maximum absolute atomic E-state index is 2.54. The number of hydrogen-bond donors (Lipinski definition) is 0. The van der Waals surface area contributed by atoms with Crippen LogP contribution in [0, 0.1) is 13.8 Å². The van der Waals surface area contributed by atoms with Gasteiger partial charge in [-0.15, -0.1) is 0 Å². The normalized spacial score (nSPS) is 10.9.